The fraction of sp³-hybridized carbons (Fsp3) is 0.312. The fourth-order valence-corrected chi connectivity index (χ4v) is 2.80. The lowest BCUT2D eigenvalue weighted by Crippen LogP contribution is -2.34. The summed E-state index contributed by atoms with van der Waals surface area (Å²) in [5.74, 6) is 0.469. The van der Waals surface area contributed by atoms with Crippen LogP contribution >= 0.6 is 0 Å². The number of fused-ring (bicyclic) bond motifs is 1. The highest BCUT2D eigenvalue weighted by Crippen LogP contribution is 2.41. The second-order valence-corrected chi connectivity index (χ2v) is 5.33. The number of nitrogens with one attached hydrogen (secondary N) is 1. The van der Waals surface area contributed by atoms with Gasteiger partial charge in [-0.25, -0.2) is 4.39 Å². The number of furan rings is 1. The Hall–Kier alpha value is -2.30. The Labute approximate surface area is 122 Å². The van der Waals surface area contributed by atoms with Crippen LogP contribution in [0, 0.1) is 5.82 Å². The first-order valence-electron chi connectivity index (χ1n) is 6.89. The molecule has 1 aliphatic rings. The van der Waals surface area contributed by atoms with Crippen molar-refractivity contribution in [1.29, 1.82) is 0 Å². The van der Waals surface area contributed by atoms with Gasteiger partial charge in [0.1, 0.15) is 11.6 Å². The van der Waals surface area contributed by atoms with E-state index < -0.39 is 0 Å². The molecule has 0 saturated heterocycles. The molecule has 1 amide bonds. The Morgan fingerprint density at radius 1 is 1.43 bits per heavy atom. The predicted molar refractivity (Wildman–Crippen MR) is 77.3 cm³/mol. The molecule has 1 aromatic heterocycles. The van der Waals surface area contributed by atoms with Crippen LogP contribution in [-0.4, -0.2) is 17.9 Å². The number of hydrogen-bond donors (Lipinski definition) is 1. The molecular weight excluding hydrogens is 271 g/mol. The van der Waals surface area contributed by atoms with E-state index in [0.717, 1.165) is 17.0 Å². The van der Waals surface area contributed by atoms with Crippen LogP contribution in [0.1, 0.15) is 36.8 Å². The molecule has 5 heteroatoms. The van der Waals surface area contributed by atoms with Crippen molar-refractivity contribution in [2.75, 3.05) is 12.4 Å². The smallest absolute Gasteiger partial charge is 0.219 e. The number of amides is 1. The van der Waals surface area contributed by atoms with E-state index in [0.29, 0.717) is 6.42 Å². The quantitative estimate of drug-likeness (QED) is 0.920. The summed E-state index contributed by atoms with van der Waals surface area (Å²) < 4.78 is 19.0. The van der Waals surface area contributed by atoms with E-state index >= 15 is 0 Å². The van der Waals surface area contributed by atoms with Crippen molar-refractivity contribution >= 4 is 11.6 Å². The Bertz CT molecular complexity index is 654. The third-order valence-corrected chi connectivity index (χ3v) is 4.01. The summed E-state index contributed by atoms with van der Waals surface area (Å²) in [4.78, 5) is 13.4. The van der Waals surface area contributed by atoms with Crippen LogP contribution in [-0.2, 0) is 4.79 Å². The number of carbonyl (C=O) groups excluding carboxylic acids is 1. The fourth-order valence-electron chi connectivity index (χ4n) is 2.80. The molecule has 0 saturated carbocycles. The number of halogens is 1. The normalized spacial score (nSPS) is 20.5. The molecule has 2 aromatic rings. The molecule has 1 aliphatic heterocycles. The summed E-state index contributed by atoms with van der Waals surface area (Å²) in [5.41, 5.74) is 1.64. The molecule has 1 N–H and O–H groups in total. The minimum absolute atomic E-state index is 0.0373. The van der Waals surface area contributed by atoms with Gasteiger partial charge in [0.05, 0.1) is 18.3 Å². The second-order valence-electron chi connectivity index (χ2n) is 5.33. The van der Waals surface area contributed by atoms with Gasteiger partial charge < -0.3 is 14.6 Å². The molecule has 0 unspecified atom stereocenters. The SMILES string of the molecule is CC(=O)N(C)[C@H]1C[C@@H](c2ccco2)Nc2ccc(F)cc21. The van der Waals surface area contributed by atoms with Crippen molar-refractivity contribution in [2.24, 2.45) is 0 Å². The average molecular weight is 288 g/mol. The lowest BCUT2D eigenvalue weighted by atomic mass is 9.90. The summed E-state index contributed by atoms with van der Waals surface area (Å²) in [6.45, 7) is 1.52. The first-order valence-corrected chi connectivity index (χ1v) is 6.89. The van der Waals surface area contributed by atoms with E-state index in [2.05, 4.69) is 5.32 Å². The highest BCUT2D eigenvalue weighted by Gasteiger charge is 2.32. The molecule has 0 radical (unpaired) electrons. The van der Waals surface area contributed by atoms with Crippen LogP contribution < -0.4 is 5.32 Å². The van der Waals surface area contributed by atoms with Crippen LogP contribution in [0.15, 0.2) is 41.0 Å². The van der Waals surface area contributed by atoms with Crippen LogP contribution in [0.5, 0.6) is 0 Å². The van der Waals surface area contributed by atoms with E-state index in [9.17, 15) is 9.18 Å². The number of anilines is 1. The van der Waals surface area contributed by atoms with E-state index in [1.165, 1.54) is 19.1 Å². The average Bonchev–Trinajstić information content (AvgIpc) is 2.99. The molecule has 0 spiro atoms. The predicted octanol–water partition coefficient (Wildman–Crippen LogP) is 3.50. The molecule has 0 aliphatic carbocycles. The molecule has 0 bridgehead atoms. The van der Waals surface area contributed by atoms with Gasteiger partial charge in [0.15, 0.2) is 0 Å². The molecule has 2 atom stereocenters. The van der Waals surface area contributed by atoms with Gasteiger partial charge >= 0.3 is 0 Å². The minimum atomic E-state index is -0.297. The molecular formula is C16H17FN2O2. The van der Waals surface area contributed by atoms with Gasteiger partial charge in [0.2, 0.25) is 5.91 Å². The van der Waals surface area contributed by atoms with Crippen LogP contribution in [0.3, 0.4) is 0 Å². The van der Waals surface area contributed by atoms with Crippen molar-refractivity contribution in [3.63, 3.8) is 0 Å². The highest BCUT2D eigenvalue weighted by molar-refractivity contribution is 5.74. The lowest BCUT2D eigenvalue weighted by molar-refractivity contribution is -0.130. The maximum atomic E-state index is 13.6. The monoisotopic (exact) mass is 288 g/mol. The number of carbonyl (C=O) groups is 1. The molecule has 0 fully saturated rings. The van der Waals surface area contributed by atoms with Gasteiger partial charge in [0.25, 0.3) is 0 Å². The lowest BCUT2D eigenvalue weighted by Gasteiger charge is -2.37. The Morgan fingerprint density at radius 2 is 2.24 bits per heavy atom. The van der Waals surface area contributed by atoms with Crippen molar-refractivity contribution in [2.45, 2.75) is 25.4 Å². The topological polar surface area (TPSA) is 45.5 Å². The summed E-state index contributed by atoms with van der Waals surface area (Å²) in [6, 6.07) is 8.14. The van der Waals surface area contributed by atoms with Crippen LogP contribution in [0.4, 0.5) is 10.1 Å². The largest absolute Gasteiger partial charge is 0.467 e. The van der Waals surface area contributed by atoms with Crippen LogP contribution in [0.2, 0.25) is 0 Å². The zero-order chi connectivity index (χ0) is 15.0. The zero-order valence-corrected chi connectivity index (χ0v) is 12.0. The first kappa shape index (κ1) is 13.7. The van der Waals surface area contributed by atoms with Gasteiger partial charge in [-0.1, -0.05) is 0 Å². The standard InChI is InChI=1S/C16H17FN2O2/c1-10(20)19(2)15-9-14(16-4-3-7-21-16)18-13-6-5-11(17)8-12(13)15/h3-8,14-15,18H,9H2,1-2H3/t14-,15-/m0/s1. The molecule has 4 nitrogen and oxygen atoms in total. The summed E-state index contributed by atoms with van der Waals surface area (Å²) >= 11 is 0. The van der Waals surface area contributed by atoms with Crippen molar-refractivity contribution in [3.05, 3.63) is 53.7 Å². The molecule has 3 rings (SSSR count). The number of rotatable bonds is 2. The first-order chi connectivity index (χ1) is 10.1. The Morgan fingerprint density at radius 3 is 2.90 bits per heavy atom. The van der Waals surface area contributed by atoms with E-state index in [1.807, 2.05) is 12.1 Å². The van der Waals surface area contributed by atoms with E-state index in [-0.39, 0.29) is 23.8 Å². The molecule has 1 aromatic carbocycles. The Kier molecular flexibility index (Phi) is 3.41. The van der Waals surface area contributed by atoms with Crippen molar-refractivity contribution in [3.8, 4) is 0 Å². The number of benzene rings is 1. The van der Waals surface area contributed by atoms with Crippen molar-refractivity contribution in [1.82, 2.24) is 4.90 Å². The Balaban J connectivity index is 2.01. The summed E-state index contributed by atoms with van der Waals surface area (Å²) in [5, 5.41) is 3.35. The summed E-state index contributed by atoms with van der Waals surface area (Å²) in [6.07, 6.45) is 2.26. The number of hydrogen-bond acceptors (Lipinski definition) is 3. The van der Waals surface area contributed by atoms with Gasteiger partial charge in [-0.05, 0) is 36.8 Å². The maximum Gasteiger partial charge on any atom is 0.219 e. The van der Waals surface area contributed by atoms with E-state index in [1.54, 1.807) is 24.3 Å². The molecule has 2 heterocycles. The third-order valence-electron chi connectivity index (χ3n) is 4.01. The minimum Gasteiger partial charge on any atom is -0.467 e. The van der Waals surface area contributed by atoms with Gasteiger partial charge in [0, 0.05) is 25.2 Å². The zero-order valence-electron chi connectivity index (χ0n) is 12.0. The molecule has 110 valence electrons. The second kappa shape index (κ2) is 5.24. The van der Waals surface area contributed by atoms with Crippen LogP contribution in [0.25, 0.3) is 0 Å². The highest BCUT2D eigenvalue weighted by atomic mass is 19.1. The number of nitrogens with zero attached hydrogens (tertiary/aromatic N) is 1. The summed E-state index contributed by atoms with van der Waals surface area (Å²) in [7, 11) is 1.74. The third kappa shape index (κ3) is 2.51. The van der Waals surface area contributed by atoms with E-state index in [4.69, 9.17) is 4.42 Å². The van der Waals surface area contributed by atoms with Crippen molar-refractivity contribution < 1.29 is 13.6 Å². The molecule has 21 heavy (non-hydrogen) atoms. The van der Waals surface area contributed by atoms with Gasteiger partial charge in [-0.15, -0.1) is 0 Å². The van der Waals surface area contributed by atoms with Gasteiger partial charge in [-0.2, -0.15) is 0 Å². The van der Waals surface area contributed by atoms with Gasteiger partial charge in [-0.3, -0.25) is 4.79 Å². The maximum absolute atomic E-state index is 13.6.